The Kier molecular flexibility index (Phi) is 10.5. The zero-order valence-electron chi connectivity index (χ0n) is 16.1. The molecular formula is C20H29IN4O2. The van der Waals surface area contributed by atoms with Crippen LogP contribution in [0.4, 0.5) is 0 Å². The number of pyridine rings is 1. The van der Waals surface area contributed by atoms with Gasteiger partial charge in [-0.15, -0.1) is 24.0 Å². The van der Waals surface area contributed by atoms with Crippen LogP contribution >= 0.6 is 24.0 Å². The third-order valence-electron chi connectivity index (χ3n) is 3.62. The summed E-state index contributed by atoms with van der Waals surface area (Å²) in [6.07, 6.45) is 2.77. The van der Waals surface area contributed by atoms with E-state index in [2.05, 4.69) is 29.1 Å². The van der Waals surface area contributed by atoms with E-state index >= 15 is 0 Å². The number of hydrogen-bond acceptors (Lipinski definition) is 4. The highest BCUT2D eigenvalue weighted by atomic mass is 127. The number of nitrogens with two attached hydrogens (primary N) is 1. The summed E-state index contributed by atoms with van der Waals surface area (Å²) in [6, 6.07) is 11.2. The number of hydrogen-bond donors (Lipinski definition) is 2. The number of aromatic nitrogens is 1. The summed E-state index contributed by atoms with van der Waals surface area (Å²) in [6.45, 7) is 8.25. The molecule has 7 heteroatoms. The van der Waals surface area contributed by atoms with Crippen molar-refractivity contribution < 1.29 is 9.47 Å². The first kappa shape index (κ1) is 23.0. The van der Waals surface area contributed by atoms with E-state index in [0.717, 1.165) is 24.3 Å². The molecule has 0 fully saturated rings. The number of nitrogens with zero attached hydrogens (tertiary/aromatic N) is 2. The first-order valence-corrected chi connectivity index (χ1v) is 8.96. The van der Waals surface area contributed by atoms with Gasteiger partial charge in [-0.3, -0.25) is 0 Å². The van der Waals surface area contributed by atoms with Crippen LogP contribution in [0.15, 0.2) is 47.6 Å². The monoisotopic (exact) mass is 484 g/mol. The van der Waals surface area contributed by atoms with Crippen molar-refractivity contribution in [3.05, 3.63) is 48.2 Å². The third kappa shape index (κ3) is 8.94. The minimum Gasteiger partial charge on any atom is -0.494 e. The van der Waals surface area contributed by atoms with Crippen molar-refractivity contribution in [1.29, 1.82) is 0 Å². The number of halogens is 1. The fraction of sp³-hybridized carbons (Fsp3) is 0.400. The topological polar surface area (TPSA) is 81.8 Å². The normalized spacial score (nSPS) is 11.0. The predicted molar refractivity (Wildman–Crippen MR) is 120 cm³/mol. The van der Waals surface area contributed by atoms with Crippen LogP contribution in [0.5, 0.6) is 17.4 Å². The SMILES string of the molecule is CCOc1ccc(Oc2cc(CN=C(N)NCCC(C)C)ccn2)cc1.I. The fourth-order valence-electron chi connectivity index (χ4n) is 2.22. The van der Waals surface area contributed by atoms with Crippen molar-refractivity contribution in [2.75, 3.05) is 13.2 Å². The molecule has 27 heavy (non-hydrogen) atoms. The Labute approximate surface area is 178 Å². The van der Waals surface area contributed by atoms with Crippen molar-refractivity contribution in [3.63, 3.8) is 0 Å². The van der Waals surface area contributed by atoms with E-state index in [0.29, 0.717) is 36.7 Å². The molecule has 0 saturated heterocycles. The third-order valence-corrected chi connectivity index (χ3v) is 3.62. The van der Waals surface area contributed by atoms with E-state index in [9.17, 15) is 0 Å². The van der Waals surface area contributed by atoms with Gasteiger partial charge < -0.3 is 20.5 Å². The quantitative estimate of drug-likeness (QED) is 0.315. The second kappa shape index (κ2) is 12.4. The molecule has 0 atom stereocenters. The van der Waals surface area contributed by atoms with Crippen molar-refractivity contribution >= 4 is 29.9 Å². The maximum atomic E-state index is 5.89. The molecule has 1 aromatic carbocycles. The number of nitrogens with one attached hydrogen (secondary N) is 1. The molecule has 2 rings (SSSR count). The Morgan fingerprint density at radius 2 is 1.89 bits per heavy atom. The summed E-state index contributed by atoms with van der Waals surface area (Å²) in [7, 11) is 0. The van der Waals surface area contributed by atoms with Crippen LogP contribution < -0.4 is 20.5 Å². The molecule has 0 aliphatic carbocycles. The van der Waals surface area contributed by atoms with E-state index in [1.54, 1.807) is 6.20 Å². The van der Waals surface area contributed by atoms with Crippen LogP contribution in [-0.2, 0) is 6.54 Å². The van der Waals surface area contributed by atoms with Gasteiger partial charge in [-0.05, 0) is 55.2 Å². The van der Waals surface area contributed by atoms with Crippen molar-refractivity contribution in [1.82, 2.24) is 10.3 Å². The van der Waals surface area contributed by atoms with Gasteiger partial charge in [0.05, 0.1) is 13.2 Å². The van der Waals surface area contributed by atoms with E-state index in [1.807, 2.05) is 43.3 Å². The Hall–Kier alpha value is -2.03. The molecule has 0 aliphatic rings. The van der Waals surface area contributed by atoms with E-state index in [-0.39, 0.29) is 24.0 Å². The minimum atomic E-state index is 0. The average molecular weight is 484 g/mol. The second-order valence-corrected chi connectivity index (χ2v) is 6.32. The van der Waals surface area contributed by atoms with Crippen LogP contribution in [0, 0.1) is 5.92 Å². The molecule has 0 amide bonds. The molecule has 148 valence electrons. The number of guanidine groups is 1. The van der Waals surface area contributed by atoms with Gasteiger partial charge in [0, 0.05) is 18.8 Å². The highest BCUT2D eigenvalue weighted by Gasteiger charge is 2.02. The highest BCUT2D eigenvalue weighted by molar-refractivity contribution is 14.0. The smallest absolute Gasteiger partial charge is 0.219 e. The summed E-state index contributed by atoms with van der Waals surface area (Å²) in [4.78, 5) is 8.60. The maximum absolute atomic E-state index is 5.89. The molecule has 0 unspecified atom stereocenters. The van der Waals surface area contributed by atoms with Gasteiger partial charge in [-0.2, -0.15) is 0 Å². The van der Waals surface area contributed by atoms with Gasteiger partial charge in [-0.25, -0.2) is 9.98 Å². The Bertz CT molecular complexity index is 705. The van der Waals surface area contributed by atoms with Gasteiger partial charge >= 0.3 is 0 Å². The lowest BCUT2D eigenvalue weighted by atomic mass is 10.1. The van der Waals surface area contributed by atoms with Gasteiger partial charge in [0.15, 0.2) is 5.96 Å². The van der Waals surface area contributed by atoms with Crippen LogP contribution in [0.3, 0.4) is 0 Å². The molecule has 0 spiro atoms. The highest BCUT2D eigenvalue weighted by Crippen LogP contribution is 2.23. The summed E-state index contributed by atoms with van der Waals surface area (Å²) < 4.78 is 11.2. The maximum Gasteiger partial charge on any atom is 0.219 e. The van der Waals surface area contributed by atoms with E-state index < -0.39 is 0 Å². The predicted octanol–water partition coefficient (Wildman–Crippen LogP) is 4.34. The Balaban J connectivity index is 0.00000364. The lowest BCUT2D eigenvalue weighted by Gasteiger charge is -2.08. The molecule has 0 radical (unpaired) electrons. The summed E-state index contributed by atoms with van der Waals surface area (Å²) in [5.74, 6) is 3.13. The molecule has 1 heterocycles. The van der Waals surface area contributed by atoms with Gasteiger partial charge in [0.25, 0.3) is 0 Å². The van der Waals surface area contributed by atoms with Crippen LogP contribution in [-0.4, -0.2) is 24.1 Å². The number of ether oxygens (including phenoxy) is 2. The number of benzene rings is 1. The molecule has 0 saturated carbocycles. The summed E-state index contributed by atoms with van der Waals surface area (Å²) >= 11 is 0. The van der Waals surface area contributed by atoms with Crippen molar-refractivity contribution in [3.8, 4) is 17.4 Å². The standard InChI is InChI=1S/C20H28N4O2.HI/c1-4-25-17-5-7-18(8-6-17)26-19-13-16(10-12-22-19)14-24-20(21)23-11-9-15(2)3;/h5-8,10,12-13,15H,4,9,11,14H2,1-3H3,(H3,21,23,24);1H. The first-order valence-electron chi connectivity index (χ1n) is 8.96. The second-order valence-electron chi connectivity index (χ2n) is 6.32. The van der Waals surface area contributed by atoms with E-state index in [1.165, 1.54) is 0 Å². The molecule has 6 nitrogen and oxygen atoms in total. The van der Waals surface area contributed by atoms with Crippen molar-refractivity contribution in [2.45, 2.75) is 33.7 Å². The van der Waals surface area contributed by atoms with Crippen LogP contribution in [0.2, 0.25) is 0 Å². The first-order chi connectivity index (χ1) is 12.6. The van der Waals surface area contributed by atoms with E-state index in [4.69, 9.17) is 15.2 Å². The largest absolute Gasteiger partial charge is 0.494 e. The van der Waals surface area contributed by atoms with Gasteiger partial charge in [-0.1, -0.05) is 13.8 Å². The molecule has 0 bridgehead atoms. The molecular weight excluding hydrogens is 455 g/mol. The molecule has 2 aromatic rings. The summed E-state index contributed by atoms with van der Waals surface area (Å²) in [5.41, 5.74) is 6.87. The van der Waals surface area contributed by atoms with Crippen LogP contribution in [0.25, 0.3) is 0 Å². The average Bonchev–Trinajstić information content (AvgIpc) is 2.62. The number of aliphatic imine (C=N–C) groups is 1. The van der Waals surface area contributed by atoms with Crippen LogP contribution in [0.1, 0.15) is 32.8 Å². The lowest BCUT2D eigenvalue weighted by molar-refractivity contribution is 0.339. The molecule has 1 aromatic heterocycles. The molecule has 0 aliphatic heterocycles. The Morgan fingerprint density at radius 3 is 2.56 bits per heavy atom. The van der Waals surface area contributed by atoms with Gasteiger partial charge in [0.1, 0.15) is 11.5 Å². The van der Waals surface area contributed by atoms with Gasteiger partial charge in [0.2, 0.25) is 5.88 Å². The van der Waals surface area contributed by atoms with Crippen molar-refractivity contribution in [2.24, 2.45) is 16.6 Å². The zero-order valence-corrected chi connectivity index (χ0v) is 18.5. The number of rotatable bonds is 9. The minimum absolute atomic E-state index is 0. The summed E-state index contributed by atoms with van der Waals surface area (Å²) in [5, 5.41) is 3.12. The molecule has 3 N–H and O–H groups in total. The fourth-order valence-corrected chi connectivity index (χ4v) is 2.22. The Morgan fingerprint density at radius 1 is 1.19 bits per heavy atom. The zero-order chi connectivity index (χ0) is 18.8. The lowest BCUT2D eigenvalue weighted by Crippen LogP contribution is -2.32.